The van der Waals surface area contributed by atoms with Gasteiger partial charge in [-0.15, -0.1) is 0 Å². The van der Waals surface area contributed by atoms with Gasteiger partial charge in [0.1, 0.15) is 30.1 Å². The number of phosphoric acid groups is 1. The van der Waals surface area contributed by atoms with Crippen LogP contribution in [0.4, 0.5) is 0 Å². The molecule has 5 unspecified atom stereocenters. The van der Waals surface area contributed by atoms with Crippen LogP contribution in [0.2, 0.25) is 0 Å². The van der Waals surface area contributed by atoms with E-state index in [0.29, 0.717) is 69.8 Å². The van der Waals surface area contributed by atoms with Crippen LogP contribution in [0, 0.1) is 41.4 Å². The quantitative estimate of drug-likeness (QED) is 0.0880. The van der Waals surface area contributed by atoms with E-state index in [4.69, 9.17) is 37.3 Å². The number of carbonyl (C=O) groups is 5. The van der Waals surface area contributed by atoms with Crippen LogP contribution in [0.1, 0.15) is 126 Å². The Labute approximate surface area is 427 Å². The number of nitrogens with zero attached hydrogens (tertiary/aromatic N) is 1. The van der Waals surface area contributed by atoms with Crippen molar-refractivity contribution in [3.63, 3.8) is 0 Å². The van der Waals surface area contributed by atoms with Gasteiger partial charge in [-0.2, -0.15) is 0 Å². The molecule has 0 radical (unpaired) electrons. The molecule has 17 nitrogen and oxygen atoms in total. The number of Topliss-reactive ketones (excluding diaryl/α,β-unsaturated/α-hetero) is 3. The average Bonchev–Trinajstić information content (AvgIpc) is 3.34. The van der Waals surface area contributed by atoms with E-state index < -0.39 is 110 Å². The van der Waals surface area contributed by atoms with Gasteiger partial charge in [-0.3, -0.25) is 32.7 Å². The van der Waals surface area contributed by atoms with Crippen LogP contribution in [-0.2, 0) is 65.8 Å². The van der Waals surface area contributed by atoms with E-state index in [2.05, 4.69) is 0 Å². The first-order chi connectivity index (χ1) is 34.1. The molecule has 0 aromatic heterocycles. The maximum absolute atomic E-state index is 14.6. The highest BCUT2D eigenvalue weighted by Crippen LogP contribution is 2.53. The van der Waals surface area contributed by atoms with Gasteiger partial charge in [0.25, 0.3) is 11.7 Å². The van der Waals surface area contributed by atoms with Gasteiger partial charge in [0.05, 0.1) is 37.6 Å². The van der Waals surface area contributed by atoms with Gasteiger partial charge in [0, 0.05) is 64.4 Å². The van der Waals surface area contributed by atoms with E-state index in [-0.39, 0.29) is 49.6 Å². The van der Waals surface area contributed by atoms with Crippen molar-refractivity contribution in [3.8, 4) is 0 Å². The first-order valence-corrected chi connectivity index (χ1v) is 27.7. The number of ketones is 3. The van der Waals surface area contributed by atoms with Crippen LogP contribution in [0.3, 0.4) is 0 Å². The topological polar surface area (TPSA) is 220 Å². The Kier molecular flexibility index (Phi) is 22.4. The van der Waals surface area contributed by atoms with E-state index >= 15 is 0 Å². The van der Waals surface area contributed by atoms with Crippen LogP contribution in [-0.4, -0.2) is 140 Å². The number of hydrogen-bond donors (Lipinski definition) is 2. The molecule has 0 spiro atoms. The Hall–Kier alpha value is -3.22. The molecule has 406 valence electrons. The minimum atomic E-state index is -3.88. The number of aliphatic hydroxyl groups excluding tert-OH is 1. The van der Waals surface area contributed by atoms with Gasteiger partial charge >= 0.3 is 13.8 Å². The molecule has 72 heavy (non-hydrogen) atoms. The highest BCUT2D eigenvalue weighted by molar-refractivity contribution is 7.48. The molecule has 5 rings (SSSR count). The van der Waals surface area contributed by atoms with Crippen LogP contribution < -0.4 is 0 Å². The summed E-state index contributed by atoms with van der Waals surface area (Å²) >= 11 is 0. The Morgan fingerprint density at radius 3 is 2.19 bits per heavy atom. The fraction of sp³-hybridized carbons (Fsp3) is 0.759. The molecule has 4 bridgehead atoms. The summed E-state index contributed by atoms with van der Waals surface area (Å²) in [5.74, 6) is -8.96. The molecule has 2 N–H and O–H groups in total. The number of allylic oxidation sites excluding steroid dienone is 6. The Morgan fingerprint density at radius 1 is 0.833 bits per heavy atom. The summed E-state index contributed by atoms with van der Waals surface area (Å²) in [6.07, 6.45) is 9.92. The van der Waals surface area contributed by atoms with Crippen molar-refractivity contribution < 1.29 is 76.0 Å². The standard InChI is InChI=1S/C54H84NO16P/c1-12-67-72(63,68-13-2)71-43-24-22-38(29-46(43)65-10)28-41-40-20-17-25-55-47(40)53(61)69-45(41)31-42(56)34(5)27-36(7)49(58)50(66-11)48(57)35(6)26-32(3)18-15-14-16-19-33(4)44(64-9)30-39-23-21-37(8)54(62,70-39)51(59)52(55)60/h14-16,18-19,27,32,34-35,37-41,43-47,49-50,58,62H,12-13,17,20-26,28-31H2,1-11H3/b16-14+,18-15+,33-19+,36-27+/t32-,34?,35-,37-,38+,39?,40-,41?,43-,44?,45+,46-,47?,49-,50+,54-/m1/s1. The normalized spacial score (nSPS) is 39.9. The van der Waals surface area contributed by atoms with E-state index in [0.717, 1.165) is 5.57 Å². The molecular formula is C54H84NO16P. The molecule has 4 heterocycles. The minimum Gasteiger partial charge on any atom is -0.460 e. The molecular weight excluding hydrogens is 950 g/mol. The fourth-order valence-corrected chi connectivity index (χ4v) is 13.0. The number of piperidine rings is 1. The number of esters is 1. The lowest BCUT2D eigenvalue weighted by atomic mass is 9.68. The predicted octanol–water partition coefficient (Wildman–Crippen LogP) is 7.61. The molecule has 1 amide bonds. The van der Waals surface area contributed by atoms with Gasteiger partial charge in [0.2, 0.25) is 5.79 Å². The monoisotopic (exact) mass is 1030 g/mol. The first-order valence-electron chi connectivity index (χ1n) is 26.2. The van der Waals surface area contributed by atoms with E-state index in [1.54, 1.807) is 54.9 Å². The SMILES string of the molecule is CCOP(=O)(OCC)O[C@@H]1CC[C@@H](CC2[C@H]3CCCN4C(=O)C(=O)[C@]5(O)OC(CC[C@H]5C)CC(OC)/C(C)=C/C=C/C=C/[C@@H](C)C[C@@H](C)C(=O)[C@H](OC)[C@H](O)/C(C)=C/C(C)C(=O)C[C@@H]2OC(=O)C34)C[C@H]1OC. The lowest BCUT2D eigenvalue weighted by Gasteiger charge is -2.50. The second-order valence-electron chi connectivity index (χ2n) is 20.9. The third-order valence-electron chi connectivity index (χ3n) is 15.7. The van der Waals surface area contributed by atoms with Crippen molar-refractivity contribution >= 4 is 37.0 Å². The van der Waals surface area contributed by atoms with Crippen LogP contribution in [0.15, 0.2) is 47.6 Å². The smallest absolute Gasteiger partial charge is 0.460 e. The maximum atomic E-state index is 14.6. The predicted molar refractivity (Wildman–Crippen MR) is 268 cm³/mol. The molecule has 1 saturated carbocycles. The summed E-state index contributed by atoms with van der Waals surface area (Å²) in [5, 5.41) is 23.6. The average molecular weight is 1030 g/mol. The van der Waals surface area contributed by atoms with Gasteiger partial charge in [0.15, 0.2) is 5.78 Å². The lowest BCUT2D eigenvalue weighted by molar-refractivity contribution is -0.266. The molecule has 4 fully saturated rings. The Morgan fingerprint density at radius 2 is 1.54 bits per heavy atom. The number of rotatable bonds is 11. The van der Waals surface area contributed by atoms with Crippen LogP contribution in [0.5, 0.6) is 0 Å². The summed E-state index contributed by atoms with van der Waals surface area (Å²) in [4.78, 5) is 72.9. The van der Waals surface area contributed by atoms with Gasteiger partial charge in [-0.25, -0.2) is 9.36 Å². The second-order valence-corrected chi connectivity index (χ2v) is 22.5. The summed E-state index contributed by atoms with van der Waals surface area (Å²) in [6.45, 7) is 14.4. The van der Waals surface area contributed by atoms with E-state index in [1.807, 2.05) is 51.2 Å². The summed E-state index contributed by atoms with van der Waals surface area (Å²) in [6, 6.07) is -1.18. The number of fused-ring (bicyclic) bond motifs is 4. The molecule has 18 heteroatoms. The number of amides is 1. The highest BCUT2D eigenvalue weighted by atomic mass is 31.2. The number of phosphoric ester groups is 1. The molecule has 0 aromatic carbocycles. The van der Waals surface area contributed by atoms with Crippen molar-refractivity contribution in [3.05, 3.63) is 47.6 Å². The third-order valence-corrected chi connectivity index (χ3v) is 17.4. The van der Waals surface area contributed by atoms with Crippen molar-refractivity contribution in [2.45, 2.75) is 181 Å². The van der Waals surface area contributed by atoms with Crippen molar-refractivity contribution in [2.24, 2.45) is 41.4 Å². The van der Waals surface area contributed by atoms with Crippen molar-refractivity contribution in [2.75, 3.05) is 41.1 Å². The first kappa shape index (κ1) is 59.7. The summed E-state index contributed by atoms with van der Waals surface area (Å²) in [5.41, 5.74) is 1.24. The molecule has 0 aromatic rings. The third kappa shape index (κ3) is 14.6. The number of ether oxygens (including phenoxy) is 5. The minimum absolute atomic E-state index is 0.00548. The van der Waals surface area contributed by atoms with E-state index in [9.17, 15) is 38.8 Å². The highest BCUT2D eigenvalue weighted by Gasteiger charge is 2.57. The Balaban J connectivity index is 1.51. The van der Waals surface area contributed by atoms with E-state index in [1.165, 1.54) is 12.0 Å². The lowest BCUT2D eigenvalue weighted by Crippen LogP contribution is -2.65. The molecule has 1 aliphatic carbocycles. The second kappa shape index (κ2) is 27.0. The molecule has 5 aliphatic rings. The zero-order chi connectivity index (χ0) is 53.1. The molecule has 16 atom stereocenters. The number of methoxy groups -OCH3 is 3. The fourth-order valence-electron chi connectivity index (χ4n) is 11.6. The Bertz CT molecular complexity index is 2040. The number of aliphatic hydroxyl groups is 2. The zero-order valence-electron chi connectivity index (χ0n) is 44.5. The van der Waals surface area contributed by atoms with Gasteiger partial charge in [-0.05, 0) is 114 Å². The van der Waals surface area contributed by atoms with Crippen LogP contribution in [0.25, 0.3) is 0 Å². The number of hydrogen-bond acceptors (Lipinski definition) is 16. The number of carbonyl (C=O) groups excluding carboxylic acids is 5. The van der Waals surface area contributed by atoms with Crippen molar-refractivity contribution in [1.29, 1.82) is 0 Å². The zero-order valence-corrected chi connectivity index (χ0v) is 45.4. The molecule has 4 aliphatic heterocycles. The summed E-state index contributed by atoms with van der Waals surface area (Å²) < 4.78 is 60.2. The van der Waals surface area contributed by atoms with Crippen LogP contribution >= 0.6 is 7.82 Å². The maximum Gasteiger partial charge on any atom is 0.475 e. The largest absolute Gasteiger partial charge is 0.475 e. The van der Waals surface area contributed by atoms with Gasteiger partial charge < -0.3 is 38.8 Å². The summed E-state index contributed by atoms with van der Waals surface area (Å²) in [7, 11) is 0.618. The van der Waals surface area contributed by atoms with Crippen molar-refractivity contribution in [1.82, 2.24) is 4.90 Å². The molecule has 3 saturated heterocycles. The van der Waals surface area contributed by atoms with Gasteiger partial charge in [-0.1, -0.05) is 64.2 Å².